The minimum absolute atomic E-state index is 0.00966. The molecule has 0 radical (unpaired) electrons. The molecule has 0 aliphatic heterocycles. The van der Waals surface area contributed by atoms with Crippen LogP contribution in [0.4, 0.5) is 0 Å². The average molecular weight is 369 g/mol. The molecule has 1 amide bonds. The maximum Gasteiger partial charge on any atom is 0.251 e. The van der Waals surface area contributed by atoms with Crippen LogP contribution in [0.25, 0.3) is 11.0 Å². The van der Waals surface area contributed by atoms with Crippen molar-refractivity contribution in [3.63, 3.8) is 0 Å². The SMILES string of the molecule is CN(C)CCCNC(=O)c1ccccc1CSc1nc2ccccc2[nH]1. The van der Waals surface area contributed by atoms with Crippen LogP contribution in [0.2, 0.25) is 0 Å². The van der Waals surface area contributed by atoms with Gasteiger partial charge in [-0.25, -0.2) is 4.98 Å². The number of para-hydroxylation sites is 2. The molecule has 5 nitrogen and oxygen atoms in total. The first-order valence-corrected chi connectivity index (χ1v) is 9.70. The zero-order chi connectivity index (χ0) is 18.4. The Labute approximate surface area is 158 Å². The zero-order valence-corrected chi connectivity index (χ0v) is 16.0. The van der Waals surface area contributed by atoms with E-state index in [1.54, 1.807) is 11.8 Å². The highest BCUT2D eigenvalue weighted by atomic mass is 32.2. The van der Waals surface area contributed by atoms with Crippen molar-refractivity contribution in [1.29, 1.82) is 0 Å². The van der Waals surface area contributed by atoms with E-state index in [0.717, 1.165) is 40.3 Å². The van der Waals surface area contributed by atoms with Crippen molar-refractivity contribution in [2.24, 2.45) is 0 Å². The van der Waals surface area contributed by atoms with Gasteiger partial charge in [0.25, 0.3) is 5.91 Å². The van der Waals surface area contributed by atoms with Gasteiger partial charge in [-0.05, 0) is 50.8 Å². The van der Waals surface area contributed by atoms with E-state index in [4.69, 9.17) is 0 Å². The Kier molecular flexibility index (Phi) is 6.30. The van der Waals surface area contributed by atoms with Crippen molar-refractivity contribution in [3.8, 4) is 0 Å². The largest absolute Gasteiger partial charge is 0.352 e. The molecule has 26 heavy (non-hydrogen) atoms. The summed E-state index contributed by atoms with van der Waals surface area (Å²) in [6, 6.07) is 15.7. The van der Waals surface area contributed by atoms with Crippen molar-refractivity contribution >= 4 is 28.7 Å². The number of hydrogen-bond acceptors (Lipinski definition) is 4. The molecule has 3 rings (SSSR count). The first-order valence-electron chi connectivity index (χ1n) is 8.72. The normalized spacial score (nSPS) is 11.2. The topological polar surface area (TPSA) is 61.0 Å². The van der Waals surface area contributed by atoms with Gasteiger partial charge < -0.3 is 15.2 Å². The number of imidazole rings is 1. The molecule has 0 fully saturated rings. The number of H-pyrrole nitrogens is 1. The van der Waals surface area contributed by atoms with Crippen molar-refractivity contribution in [1.82, 2.24) is 20.2 Å². The highest BCUT2D eigenvalue weighted by Gasteiger charge is 2.11. The number of aromatic amines is 1. The van der Waals surface area contributed by atoms with Gasteiger partial charge in [-0.15, -0.1) is 0 Å². The number of hydrogen-bond donors (Lipinski definition) is 2. The van der Waals surface area contributed by atoms with Gasteiger partial charge in [0.15, 0.2) is 5.16 Å². The van der Waals surface area contributed by atoms with E-state index in [-0.39, 0.29) is 5.91 Å². The molecular weight excluding hydrogens is 344 g/mol. The maximum absolute atomic E-state index is 12.5. The Balaban J connectivity index is 1.62. The molecule has 1 aromatic heterocycles. The van der Waals surface area contributed by atoms with E-state index >= 15 is 0 Å². The Bertz CT molecular complexity index is 842. The maximum atomic E-state index is 12.5. The van der Waals surface area contributed by atoms with Crippen molar-refractivity contribution < 1.29 is 4.79 Å². The molecule has 6 heteroatoms. The Morgan fingerprint density at radius 2 is 1.92 bits per heavy atom. The van der Waals surface area contributed by atoms with E-state index in [1.807, 2.05) is 62.6 Å². The lowest BCUT2D eigenvalue weighted by molar-refractivity contribution is 0.0951. The molecule has 2 aromatic carbocycles. The standard InChI is InChI=1S/C20H24N4OS/c1-24(2)13-7-12-21-19(25)16-9-4-3-8-15(16)14-26-20-22-17-10-5-6-11-18(17)23-20/h3-6,8-11H,7,12-14H2,1-2H3,(H,21,25)(H,22,23). The number of thioether (sulfide) groups is 1. The van der Waals surface area contributed by atoms with Crippen LogP contribution in [0.15, 0.2) is 53.7 Å². The third-order valence-corrected chi connectivity index (χ3v) is 4.98. The van der Waals surface area contributed by atoms with E-state index in [1.165, 1.54) is 0 Å². The van der Waals surface area contributed by atoms with Crippen LogP contribution < -0.4 is 5.32 Å². The molecule has 0 unspecified atom stereocenters. The highest BCUT2D eigenvalue weighted by molar-refractivity contribution is 7.98. The molecule has 0 saturated carbocycles. The summed E-state index contributed by atoms with van der Waals surface area (Å²) in [5.41, 5.74) is 3.74. The Hall–Kier alpha value is -2.31. The predicted molar refractivity (Wildman–Crippen MR) is 108 cm³/mol. The molecule has 3 aromatic rings. The summed E-state index contributed by atoms with van der Waals surface area (Å²) in [5.74, 6) is 0.686. The molecule has 0 atom stereocenters. The second-order valence-corrected chi connectivity index (χ2v) is 7.38. The number of fused-ring (bicyclic) bond motifs is 1. The van der Waals surface area contributed by atoms with Crippen molar-refractivity contribution in [2.75, 3.05) is 27.2 Å². The van der Waals surface area contributed by atoms with Gasteiger partial charge in [-0.1, -0.05) is 42.1 Å². The summed E-state index contributed by atoms with van der Waals surface area (Å²) in [5, 5.41) is 3.88. The molecule has 2 N–H and O–H groups in total. The van der Waals surface area contributed by atoms with Crippen LogP contribution in [-0.4, -0.2) is 48.0 Å². The first kappa shape index (κ1) is 18.5. The molecule has 0 saturated heterocycles. The predicted octanol–water partition coefficient (Wildman–Crippen LogP) is 3.54. The van der Waals surface area contributed by atoms with E-state index < -0.39 is 0 Å². The smallest absolute Gasteiger partial charge is 0.251 e. The lowest BCUT2D eigenvalue weighted by Crippen LogP contribution is -2.27. The zero-order valence-electron chi connectivity index (χ0n) is 15.2. The molecule has 0 bridgehead atoms. The van der Waals surface area contributed by atoms with Crippen molar-refractivity contribution in [2.45, 2.75) is 17.3 Å². The molecule has 0 aliphatic rings. The van der Waals surface area contributed by atoms with Gasteiger partial charge in [0, 0.05) is 17.9 Å². The fourth-order valence-electron chi connectivity index (χ4n) is 2.70. The lowest BCUT2D eigenvalue weighted by Gasteiger charge is -2.11. The summed E-state index contributed by atoms with van der Waals surface area (Å²) in [6.07, 6.45) is 0.939. The summed E-state index contributed by atoms with van der Waals surface area (Å²) in [6.45, 7) is 1.64. The number of aromatic nitrogens is 2. The number of carbonyl (C=O) groups excluding carboxylic acids is 1. The van der Waals surface area contributed by atoms with Gasteiger partial charge in [-0.2, -0.15) is 0 Å². The van der Waals surface area contributed by atoms with E-state index in [0.29, 0.717) is 12.3 Å². The van der Waals surface area contributed by atoms with E-state index in [9.17, 15) is 4.79 Å². The van der Waals surface area contributed by atoms with Crippen LogP contribution in [0.1, 0.15) is 22.3 Å². The number of rotatable bonds is 8. The third-order valence-electron chi connectivity index (χ3n) is 4.06. The molecule has 136 valence electrons. The number of nitrogens with one attached hydrogen (secondary N) is 2. The van der Waals surface area contributed by atoms with Crippen LogP contribution in [-0.2, 0) is 5.75 Å². The third kappa shape index (κ3) is 4.86. The summed E-state index contributed by atoms with van der Waals surface area (Å²) >= 11 is 1.61. The lowest BCUT2D eigenvalue weighted by atomic mass is 10.1. The van der Waals surface area contributed by atoms with E-state index in [2.05, 4.69) is 20.2 Å². The van der Waals surface area contributed by atoms with Crippen molar-refractivity contribution in [3.05, 3.63) is 59.7 Å². The summed E-state index contributed by atoms with van der Waals surface area (Å²) in [7, 11) is 4.07. The second kappa shape index (κ2) is 8.87. The van der Waals surface area contributed by atoms with Gasteiger partial charge in [0.05, 0.1) is 11.0 Å². The molecule has 0 spiro atoms. The number of carbonyl (C=O) groups is 1. The molecular formula is C20H24N4OS. The molecule has 1 heterocycles. The average Bonchev–Trinajstić information content (AvgIpc) is 3.06. The van der Waals surface area contributed by atoms with Gasteiger partial charge >= 0.3 is 0 Å². The highest BCUT2D eigenvalue weighted by Crippen LogP contribution is 2.24. The van der Waals surface area contributed by atoms with Crippen LogP contribution in [0.3, 0.4) is 0 Å². The van der Waals surface area contributed by atoms with Crippen LogP contribution in [0.5, 0.6) is 0 Å². The Morgan fingerprint density at radius 1 is 1.15 bits per heavy atom. The van der Waals surface area contributed by atoms with Gasteiger partial charge in [0.1, 0.15) is 0 Å². The van der Waals surface area contributed by atoms with Crippen LogP contribution in [0, 0.1) is 0 Å². The number of nitrogens with zero attached hydrogens (tertiary/aromatic N) is 2. The van der Waals surface area contributed by atoms with Gasteiger partial charge in [-0.3, -0.25) is 4.79 Å². The summed E-state index contributed by atoms with van der Waals surface area (Å²) in [4.78, 5) is 22.5. The van der Waals surface area contributed by atoms with Gasteiger partial charge in [0.2, 0.25) is 0 Å². The summed E-state index contributed by atoms with van der Waals surface area (Å²) < 4.78 is 0. The second-order valence-electron chi connectivity index (χ2n) is 6.42. The fraction of sp³-hybridized carbons (Fsp3) is 0.300. The monoisotopic (exact) mass is 368 g/mol. The number of amides is 1. The first-order chi connectivity index (χ1) is 12.6. The Morgan fingerprint density at radius 3 is 2.73 bits per heavy atom. The fourth-order valence-corrected chi connectivity index (χ4v) is 3.59. The molecule has 0 aliphatic carbocycles. The minimum atomic E-state index is -0.00966. The van der Waals surface area contributed by atoms with Crippen LogP contribution >= 0.6 is 11.8 Å². The quantitative estimate of drug-likeness (QED) is 0.472. The number of benzene rings is 2. The minimum Gasteiger partial charge on any atom is -0.352 e.